The number of nitrogens with zero attached hydrogens (tertiary/aromatic N) is 2. The average molecular weight is 365 g/mol. The lowest BCUT2D eigenvalue weighted by Gasteiger charge is -2.13. The van der Waals surface area contributed by atoms with Gasteiger partial charge < -0.3 is 14.8 Å². The number of pyridine rings is 1. The van der Waals surface area contributed by atoms with Gasteiger partial charge in [0.05, 0.1) is 12.3 Å². The lowest BCUT2D eigenvalue weighted by Crippen LogP contribution is -2.26. The number of nitrogens with one attached hydrogen (secondary N) is 1. The second-order valence-electron chi connectivity index (χ2n) is 6.38. The fraction of sp³-hybridized carbons (Fsp3) is 0.250. The number of aromatic nitrogens is 2. The van der Waals surface area contributed by atoms with E-state index in [1.165, 1.54) is 10.6 Å². The summed E-state index contributed by atoms with van der Waals surface area (Å²) >= 11 is 0. The molecule has 0 saturated heterocycles. The van der Waals surface area contributed by atoms with Gasteiger partial charge in [-0.1, -0.05) is 6.07 Å². The molecule has 4 rings (SSSR count). The predicted molar refractivity (Wildman–Crippen MR) is 101 cm³/mol. The first-order valence-electron chi connectivity index (χ1n) is 8.81. The number of carbonyl (C=O) groups is 1. The van der Waals surface area contributed by atoms with Crippen molar-refractivity contribution >= 4 is 17.2 Å². The number of fused-ring (bicyclic) bond motifs is 2. The van der Waals surface area contributed by atoms with Crippen LogP contribution in [0.3, 0.4) is 0 Å². The van der Waals surface area contributed by atoms with Crippen molar-refractivity contribution < 1.29 is 14.3 Å². The van der Waals surface area contributed by atoms with Gasteiger partial charge in [0.1, 0.15) is 28.8 Å². The molecule has 0 aliphatic carbocycles. The number of hydrogen-bond donors (Lipinski definition) is 1. The number of ether oxygens (including phenoxy) is 2. The van der Waals surface area contributed by atoms with Crippen LogP contribution in [0, 0.1) is 0 Å². The van der Waals surface area contributed by atoms with Crippen LogP contribution >= 0.6 is 0 Å². The summed E-state index contributed by atoms with van der Waals surface area (Å²) in [6, 6.07) is 8.82. The third-order valence-corrected chi connectivity index (χ3v) is 4.40. The zero-order chi connectivity index (χ0) is 19.0. The summed E-state index contributed by atoms with van der Waals surface area (Å²) in [5.74, 6) is 0.725. The summed E-state index contributed by atoms with van der Waals surface area (Å²) in [7, 11) is 0. The van der Waals surface area contributed by atoms with Crippen molar-refractivity contribution in [2.45, 2.75) is 26.4 Å². The molecule has 3 aromatic rings. The Labute approximate surface area is 155 Å². The fourth-order valence-corrected chi connectivity index (χ4v) is 3.18. The molecular weight excluding hydrogens is 346 g/mol. The summed E-state index contributed by atoms with van der Waals surface area (Å²) in [4.78, 5) is 29.5. The highest BCUT2D eigenvalue weighted by Crippen LogP contribution is 2.38. The number of benzene rings is 1. The van der Waals surface area contributed by atoms with Gasteiger partial charge in [-0.2, -0.15) is 0 Å². The highest BCUT2D eigenvalue weighted by Gasteiger charge is 2.23. The Hall–Kier alpha value is -3.35. The van der Waals surface area contributed by atoms with Crippen molar-refractivity contribution in [3.05, 3.63) is 64.2 Å². The Kier molecular flexibility index (Phi) is 4.27. The standard InChI is InChI=1S/C20H19N3O4/c1-3-26-17-9-13-8-12(2)27-16(13)10-15(17)22-19(24)14-11-21-18-6-4-5-7-23(18)20(14)25/h4-7,9-12H,3,8H2,1-2H3,(H,22,24). The number of carbonyl (C=O) groups excluding carboxylic acids is 1. The van der Waals surface area contributed by atoms with Gasteiger partial charge in [-0.05, 0) is 32.0 Å². The van der Waals surface area contributed by atoms with Crippen molar-refractivity contribution in [2.24, 2.45) is 0 Å². The molecule has 1 atom stereocenters. The van der Waals surface area contributed by atoms with Crippen LogP contribution in [0.5, 0.6) is 11.5 Å². The second kappa shape index (κ2) is 6.75. The number of anilines is 1. The minimum Gasteiger partial charge on any atom is -0.492 e. The summed E-state index contributed by atoms with van der Waals surface area (Å²) < 4.78 is 12.8. The average Bonchev–Trinajstić information content (AvgIpc) is 3.01. The number of amides is 1. The fourth-order valence-electron chi connectivity index (χ4n) is 3.18. The van der Waals surface area contributed by atoms with Crippen molar-refractivity contribution in [3.63, 3.8) is 0 Å². The van der Waals surface area contributed by atoms with Crippen LogP contribution in [0.2, 0.25) is 0 Å². The monoisotopic (exact) mass is 365 g/mol. The van der Waals surface area contributed by atoms with Crippen LogP contribution in [-0.2, 0) is 6.42 Å². The Morgan fingerprint density at radius 1 is 1.41 bits per heavy atom. The zero-order valence-electron chi connectivity index (χ0n) is 15.1. The third-order valence-electron chi connectivity index (χ3n) is 4.40. The van der Waals surface area contributed by atoms with E-state index in [4.69, 9.17) is 9.47 Å². The molecule has 7 nitrogen and oxygen atoms in total. The minimum absolute atomic E-state index is 0.0454. The molecule has 1 N–H and O–H groups in total. The van der Waals surface area contributed by atoms with E-state index in [-0.39, 0.29) is 11.7 Å². The first-order valence-corrected chi connectivity index (χ1v) is 8.81. The van der Waals surface area contributed by atoms with Gasteiger partial charge in [0.25, 0.3) is 11.5 Å². The van der Waals surface area contributed by atoms with Gasteiger partial charge in [0, 0.05) is 30.4 Å². The van der Waals surface area contributed by atoms with Gasteiger partial charge in [-0.3, -0.25) is 14.0 Å². The quantitative estimate of drug-likeness (QED) is 0.769. The molecule has 138 valence electrons. The maximum Gasteiger partial charge on any atom is 0.270 e. The lowest BCUT2D eigenvalue weighted by molar-refractivity contribution is 0.102. The normalized spacial score (nSPS) is 15.3. The Bertz CT molecular complexity index is 1090. The highest BCUT2D eigenvalue weighted by atomic mass is 16.5. The Morgan fingerprint density at radius 2 is 2.26 bits per heavy atom. The van der Waals surface area contributed by atoms with E-state index < -0.39 is 11.5 Å². The first-order chi connectivity index (χ1) is 13.1. The van der Waals surface area contributed by atoms with Crippen LogP contribution in [0.15, 0.2) is 47.5 Å². The molecule has 0 fully saturated rings. The van der Waals surface area contributed by atoms with Crippen molar-refractivity contribution in [1.82, 2.24) is 9.38 Å². The second-order valence-corrected chi connectivity index (χ2v) is 6.38. The first kappa shape index (κ1) is 17.1. The molecule has 27 heavy (non-hydrogen) atoms. The van der Waals surface area contributed by atoms with E-state index in [1.54, 1.807) is 30.5 Å². The van der Waals surface area contributed by atoms with E-state index in [2.05, 4.69) is 10.3 Å². The largest absolute Gasteiger partial charge is 0.492 e. The van der Waals surface area contributed by atoms with Crippen LogP contribution in [0.4, 0.5) is 5.69 Å². The molecule has 1 unspecified atom stereocenters. The molecule has 7 heteroatoms. The Balaban J connectivity index is 1.70. The Morgan fingerprint density at radius 3 is 3.07 bits per heavy atom. The van der Waals surface area contributed by atoms with Gasteiger partial charge >= 0.3 is 0 Å². The topological polar surface area (TPSA) is 81.9 Å². The van der Waals surface area contributed by atoms with Crippen molar-refractivity contribution in [2.75, 3.05) is 11.9 Å². The molecular formula is C20H19N3O4. The van der Waals surface area contributed by atoms with E-state index in [1.807, 2.05) is 19.9 Å². The van der Waals surface area contributed by atoms with Gasteiger partial charge in [0.2, 0.25) is 0 Å². The van der Waals surface area contributed by atoms with Crippen molar-refractivity contribution in [3.8, 4) is 11.5 Å². The molecule has 1 amide bonds. The molecule has 2 aromatic heterocycles. The molecule has 0 saturated carbocycles. The van der Waals surface area contributed by atoms with Gasteiger partial charge in [-0.15, -0.1) is 0 Å². The third kappa shape index (κ3) is 3.12. The number of hydrogen-bond acceptors (Lipinski definition) is 5. The zero-order valence-corrected chi connectivity index (χ0v) is 15.1. The summed E-state index contributed by atoms with van der Waals surface area (Å²) in [6.07, 6.45) is 3.74. The molecule has 3 heterocycles. The molecule has 0 radical (unpaired) electrons. The van der Waals surface area contributed by atoms with Crippen LogP contribution in [-0.4, -0.2) is 28.0 Å². The summed E-state index contributed by atoms with van der Waals surface area (Å²) in [5.41, 5.74) is 1.51. The molecule has 0 spiro atoms. The van der Waals surface area contributed by atoms with E-state index in [0.717, 1.165) is 17.7 Å². The molecule has 1 aliphatic rings. The van der Waals surface area contributed by atoms with E-state index in [9.17, 15) is 9.59 Å². The van der Waals surface area contributed by atoms with Crippen LogP contribution < -0.4 is 20.3 Å². The molecule has 1 aromatic carbocycles. The van der Waals surface area contributed by atoms with E-state index >= 15 is 0 Å². The highest BCUT2D eigenvalue weighted by molar-refractivity contribution is 6.04. The van der Waals surface area contributed by atoms with Gasteiger partial charge in [-0.25, -0.2) is 4.98 Å². The molecule has 0 bridgehead atoms. The lowest BCUT2D eigenvalue weighted by atomic mass is 10.1. The van der Waals surface area contributed by atoms with Gasteiger partial charge in [0.15, 0.2) is 0 Å². The summed E-state index contributed by atoms with van der Waals surface area (Å²) in [5, 5.41) is 2.76. The number of rotatable bonds is 4. The van der Waals surface area contributed by atoms with Crippen LogP contribution in [0.25, 0.3) is 5.65 Å². The maximum absolute atomic E-state index is 12.7. The van der Waals surface area contributed by atoms with E-state index in [0.29, 0.717) is 23.7 Å². The van der Waals surface area contributed by atoms with Crippen molar-refractivity contribution in [1.29, 1.82) is 0 Å². The molecule has 1 aliphatic heterocycles. The predicted octanol–water partition coefficient (Wildman–Crippen LogP) is 2.67. The maximum atomic E-state index is 12.7. The smallest absolute Gasteiger partial charge is 0.270 e. The van der Waals surface area contributed by atoms with Crippen LogP contribution in [0.1, 0.15) is 29.8 Å². The SMILES string of the molecule is CCOc1cc2c(cc1NC(=O)c1cnc3ccccn3c1=O)OC(C)C2. The minimum atomic E-state index is -0.544. The summed E-state index contributed by atoms with van der Waals surface area (Å²) in [6.45, 7) is 4.32.